The lowest BCUT2D eigenvalue weighted by atomic mass is 9.98. The molecular weight excluding hydrogens is 370 g/mol. The maximum Gasteiger partial charge on any atom is 0.189 e. The largest absolute Gasteiger partial charge is 0.394 e. The molecule has 0 radical (unpaired) electrons. The van der Waals surface area contributed by atoms with E-state index < -0.39 is 68.0 Å². The molecule has 158 valence electrons. The van der Waals surface area contributed by atoms with Crippen molar-refractivity contribution in [2.45, 2.75) is 68.3 Å². The zero-order chi connectivity index (χ0) is 20.3. The summed E-state index contributed by atoms with van der Waals surface area (Å²) in [5.41, 5.74) is 0. The van der Waals surface area contributed by atoms with Gasteiger partial charge in [0, 0.05) is 6.54 Å². The van der Waals surface area contributed by atoms with Gasteiger partial charge in [-0.15, -0.1) is 0 Å². The fraction of sp³-hybridized carbons (Fsp3) is 0.933. The van der Waals surface area contributed by atoms with E-state index in [2.05, 4.69) is 5.32 Å². The van der Waals surface area contributed by atoms with Gasteiger partial charge in [-0.25, -0.2) is 0 Å². The second kappa shape index (κ2) is 9.62. The van der Waals surface area contributed by atoms with Crippen LogP contribution in [0.25, 0.3) is 0 Å². The topological polar surface area (TPSA) is 198 Å². The Morgan fingerprint density at radius 2 is 1.33 bits per heavy atom. The first-order chi connectivity index (χ1) is 12.7. The van der Waals surface area contributed by atoms with Gasteiger partial charge in [-0.1, -0.05) is 0 Å². The molecule has 0 amide bonds. The molecule has 0 aromatic rings. The zero-order valence-electron chi connectivity index (χ0n) is 14.7. The summed E-state index contributed by atoms with van der Waals surface area (Å²) in [6, 6.07) is 0. The number of rotatable bonds is 7. The molecule has 0 aromatic carbocycles. The van der Waals surface area contributed by atoms with Crippen LogP contribution in [0.15, 0.2) is 0 Å². The van der Waals surface area contributed by atoms with Crippen molar-refractivity contribution in [3.63, 3.8) is 0 Å². The fourth-order valence-corrected chi connectivity index (χ4v) is 2.90. The molecule has 0 spiro atoms. The maximum absolute atomic E-state index is 11.0. The Morgan fingerprint density at radius 3 is 1.81 bits per heavy atom. The van der Waals surface area contributed by atoms with Gasteiger partial charge in [0.05, 0.1) is 13.2 Å². The van der Waals surface area contributed by atoms with Crippen LogP contribution in [0.4, 0.5) is 0 Å². The van der Waals surface area contributed by atoms with E-state index in [0.29, 0.717) is 0 Å². The number of ether oxygens (including phenoxy) is 3. The van der Waals surface area contributed by atoms with E-state index in [4.69, 9.17) is 14.2 Å². The van der Waals surface area contributed by atoms with Gasteiger partial charge < -0.3 is 55.3 Å². The Kier molecular flexibility index (Phi) is 8.03. The summed E-state index contributed by atoms with van der Waals surface area (Å²) in [6.45, 7) is 0.648. The van der Waals surface area contributed by atoms with Crippen LogP contribution >= 0.6 is 0 Å². The van der Waals surface area contributed by atoms with Gasteiger partial charge >= 0.3 is 0 Å². The summed E-state index contributed by atoms with van der Waals surface area (Å²) < 4.78 is 15.8. The Labute approximate surface area is 154 Å². The molecule has 0 aliphatic carbocycles. The highest BCUT2D eigenvalue weighted by molar-refractivity contribution is 5.77. The third-order valence-electron chi connectivity index (χ3n) is 4.50. The van der Waals surface area contributed by atoms with Gasteiger partial charge in [-0.3, -0.25) is 4.79 Å². The minimum Gasteiger partial charge on any atom is -0.394 e. The van der Waals surface area contributed by atoms with Gasteiger partial charge in [0.15, 0.2) is 12.6 Å². The van der Waals surface area contributed by atoms with E-state index >= 15 is 0 Å². The van der Waals surface area contributed by atoms with Crippen molar-refractivity contribution in [2.24, 2.45) is 0 Å². The summed E-state index contributed by atoms with van der Waals surface area (Å²) in [7, 11) is 0. The molecular formula is C15H27NO11. The van der Waals surface area contributed by atoms with Crippen molar-refractivity contribution in [1.29, 1.82) is 0 Å². The molecule has 2 aliphatic rings. The SMILES string of the molecule is CC(=O)CNCC1O[C@H](O[C@H]2OC(CO)[C@@H](O)C(O)C2O)C(O)C(O)[C@@H]1O. The number of aliphatic hydroxyl groups excluding tert-OH is 7. The molecule has 10 atom stereocenters. The highest BCUT2D eigenvalue weighted by atomic mass is 16.8. The van der Waals surface area contributed by atoms with E-state index in [9.17, 15) is 40.5 Å². The van der Waals surface area contributed by atoms with Crippen LogP contribution in [0.5, 0.6) is 0 Å². The Hall–Kier alpha value is -0.770. The Morgan fingerprint density at radius 1 is 0.852 bits per heavy atom. The van der Waals surface area contributed by atoms with Gasteiger partial charge in [-0.2, -0.15) is 0 Å². The first kappa shape index (κ1) is 22.5. The predicted molar refractivity (Wildman–Crippen MR) is 85.1 cm³/mol. The molecule has 0 saturated carbocycles. The van der Waals surface area contributed by atoms with E-state index in [1.54, 1.807) is 0 Å². The Balaban J connectivity index is 2.03. The van der Waals surface area contributed by atoms with Crippen molar-refractivity contribution < 1.29 is 54.8 Å². The van der Waals surface area contributed by atoms with Gasteiger partial charge in [0.1, 0.15) is 54.6 Å². The monoisotopic (exact) mass is 397 g/mol. The molecule has 2 aliphatic heterocycles. The van der Waals surface area contributed by atoms with Gasteiger partial charge in [0.25, 0.3) is 0 Å². The quantitative estimate of drug-likeness (QED) is 0.203. The highest BCUT2D eigenvalue weighted by Gasteiger charge is 2.49. The lowest BCUT2D eigenvalue weighted by Gasteiger charge is -2.44. The fourth-order valence-electron chi connectivity index (χ4n) is 2.90. The van der Waals surface area contributed by atoms with E-state index in [-0.39, 0.29) is 18.9 Å². The molecule has 6 unspecified atom stereocenters. The smallest absolute Gasteiger partial charge is 0.189 e. The van der Waals surface area contributed by atoms with Gasteiger partial charge in [0.2, 0.25) is 0 Å². The molecule has 2 rings (SSSR count). The first-order valence-electron chi connectivity index (χ1n) is 8.53. The minimum absolute atomic E-state index is 0.00344. The standard InChI is InChI=1S/C15H27NO11/c1-5(18)2-16-3-6-8(19)10(21)12(23)14(25-6)27-15-13(24)11(22)9(20)7(4-17)26-15/h6-17,19-24H,2-4H2,1H3/t6?,7?,8-,9-,10?,11?,12?,13?,14-,15-/m1/s1. The van der Waals surface area contributed by atoms with Crippen LogP contribution in [0.3, 0.4) is 0 Å². The number of hydrogen-bond donors (Lipinski definition) is 8. The number of carbonyl (C=O) groups is 1. The number of aliphatic hydroxyl groups is 7. The van der Waals surface area contributed by atoms with Crippen LogP contribution in [0.1, 0.15) is 6.92 Å². The molecule has 2 saturated heterocycles. The number of Topliss-reactive ketones (excluding diaryl/α,β-unsaturated/α-hetero) is 1. The molecule has 12 heteroatoms. The molecule has 8 N–H and O–H groups in total. The minimum atomic E-state index is -1.73. The van der Waals surface area contributed by atoms with Crippen LogP contribution in [0, 0.1) is 0 Å². The summed E-state index contributed by atoms with van der Waals surface area (Å²) in [6.07, 6.45) is -15.3. The van der Waals surface area contributed by atoms with Crippen molar-refractivity contribution in [2.75, 3.05) is 19.7 Å². The second-order valence-electron chi connectivity index (χ2n) is 6.68. The molecule has 27 heavy (non-hydrogen) atoms. The molecule has 2 fully saturated rings. The maximum atomic E-state index is 11.0. The molecule has 2 heterocycles. The van der Waals surface area contributed by atoms with Crippen LogP contribution in [-0.4, -0.2) is 123 Å². The number of nitrogens with one attached hydrogen (secondary N) is 1. The zero-order valence-corrected chi connectivity index (χ0v) is 14.7. The molecule has 12 nitrogen and oxygen atoms in total. The van der Waals surface area contributed by atoms with E-state index in [1.165, 1.54) is 6.92 Å². The Bertz CT molecular complexity index is 492. The van der Waals surface area contributed by atoms with Gasteiger partial charge in [-0.05, 0) is 6.92 Å². The summed E-state index contributed by atoms with van der Waals surface area (Å²) >= 11 is 0. The summed E-state index contributed by atoms with van der Waals surface area (Å²) in [4.78, 5) is 11.0. The highest BCUT2D eigenvalue weighted by Crippen LogP contribution is 2.27. The number of carbonyl (C=O) groups excluding carboxylic acids is 1. The lowest BCUT2D eigenvalue weighted by Crippen LogP contribution is -2.64. The van der Waals surface area contributed by atoms with E-state index in [0.717, 1.165) is 0 Å². The van der Waals surface area contributed by atoms with Crippen molar-refractivity contribution in [3.05, 3.63) is 0 Å². The van der Waals surface area contributed by atoms with Crippen LogP contribution < -0.4 is 5.32 Å². The van der Waals surface area contributed by atoms with Crippen molar-refractivity contribution >= 4 is 5.78 Å². The van der Waals surface area contributed by atoms with E-state index in [1.807, 2.05) is 0 Å². The predicted octanol–water partition coefficient (Wildman–Crippen LogP) is -5.21. The second-order valence-corrected chi connectivity index (χ2v) is 6.68. The average Bonchev–Trinajstić information content (AvgIpc) is 2.63. The average molecular weight is 397 g/mol. The normalized spacial score (nSPS) is 45.6. The third kappa shape index (κ3) is 5.19. The summed E-state index contributed by atoms with van der Waals surface area (Å²) in [5, 5.41) is 71.5. The summed E-state index contributed by atoms with van der Waals surface area (Å²) in [5.74, 6) is -0.157. The van der Waals surface area contributed by atoms with Crippen molar-refractivity contribution in [3.8, 4) is 0 Å². The third-order valence-corrected chi connectivity index (χ3v) is 4.50. The molecule has 0 bridgehead atoms. The van der Waals surface area contributed by atoms with Crippen molar-refractivity contribution in [1.82, 2.24) is 5.32 Å². The first-order valence-corrected chi connectivity index (χ1v) is 8.53. The van der Waals surface area contributed by atoms with Crippen LogP contribution in [-0.2, 0) is 19.0 Å². The number of hydrogen-bond acceptors (Lipinski definition) is 12. The lowest BCUT2D eigenvalue weighted by molar-refractivity contribution is -0.374. The van der Waals surface area contributed by atoms with Crippen LogP contribution in [0.2, 0.25) is 0 Å². The number of ketones is 1. The molecule has 0 aromatic heterocycles.